The van der Waals surface area contributed by atoms with Gasteiger partial charge in [-0.15, -0.1) is 0 Å². The van der Waals surface area contributed by atoms with Gasteiger partial charge in [0.25, 0.3) is 0 Å². The lowest BCUT2D eigenvalue weighted by molar-refractivity contribution is 0.0103. The Kier molecular flexibility index (Phi) is 2.52. The van der Waals surface area contributed by atoms with Gasteiger partial charge in [-0.3, -0.25) is 4.90 Å². The molecule has 2 rings (SSSR count). The Bertz CT molecular complexity index is 209. The minimum absolute atomic E-state index is 0.186. The first-order valence-electron chi connectivity index (χ1n) is 5.11. The molecule has 0 bridgehead atoms. The van der Waals surface area contributed by atoms with Crippen molar-refractivity contribution < 1.29 is 4.74 Å². The van der Waals surface area contributed by atoms with E-state index in [4.69, 9.17) is 4.74 Å². The zero-order chi connectivity index (χ0) is 9.15. The SMILES string of the molecule is N#CC1(N2CCCC2)CCOCC1. The normalized spacial score (nSPS) is 28.5. The van der Waals surface area contributed by atoms with E-state index in [1.54, 1.807) is 0 Å². The van der Waals surface area contributed by atoms with Crippen molar-refractivity contribution in [1.29, 1.82) is 5.26 Å². The number of likely N-dealkylation sites (tertiary alicyclic amines) is 1. The molecular formula is C10H16N2O. The summed E-state index contributed by atoms with van der Waals surface area (Å²) in [5.74, 6) is 0. The molecule has 0 amide bonds. The lowest BCUT2D eigenvalue weighted by Crippen LogP contribution is -2.49. The summed E-state index contributed by atoms with van der Waals surface area (Å²) in [7, 11) is 0. The van der Waals surface area contributed by atoms with Crippen LogP contribution in [0, 0.1) is 11.3 Å². The van der Waals surface area contributed by atoms with Crippen molar-refractivity contribution in [2.24, 2.45) is 0 Å². The molecular weight excluding hydrogens is 164 g/mol. The monoisotopic (exact) mass is 180 g/mol. The van der Waals surface area contributed by atoms with Gasteiger partial charge in [0, 0.05) is 26.1 Å². The highest BCUT2D eigenvalue weighted by Gasteiger charge is 2.39. The van der Waals surface area contributed by atoms with E-state index >= 15 is 0 Å². The average Bonchev–Trinajstić information content (AvgIpc) is 2.72. The summed E-state index contributed by atoms with van der Waals surface area (Å²) in [6.07, 6.45) is 4.29. The third-order valence-electron chi connectivity index (χ3n) is 3.24. The van der Waals surface area contributed by atoms with Gasteiger partial charge >= 0.3 is 0 Å². The second-order valence-electron chi connectivity index (χ2n) is 3.95. The van der Waals surface area contributed by atoms with Crippen LogP contribution in [-0.2, 0) is 4.74 Å². The van der Waals surface area contributed by atoms with Crippen LogP contribution in [0.5, 0.6) is 0 Å². The molecule has 0 atom stereocenters. The molecule has 0 N–H and O–H groups in total. The van der Waals surface area contributed by atoms with Crippen molar-refractivity contribution in [1.82, 2.24) is 4.90 Å². The lowest BCUT2D eigenvalue weighted by Gasteiger charge is -2.38. The van der Waals surface area contributed by atoms with Gasteiger partial charge in [-0.1, -0.05) is 0 Å². The Morgan fingerprint density at radius 3 is 2.31 bits per heavy atom. The lowest BCUT2D eigenvalue weighted by atomic mass is 9.90. The maximum absolute atomic E-state index is 9.25. The number of nitrogens with zero attached hydrogens (tertiary/aromatic N) is 2. The molecule has 0 aromatic heterocycles. The Balaban J connectivity index is 2.08. The Morgan fingerprint density at radius 1 is 1.15 bits per heavy atom. The first kappa shape index (κ1) is 8.98. The number of hydrogen-bond acceptors (Lipinski definition) is 3. The third kappa shape index (κ3) is 1.56. The Morgan fingerprint density at radius 2 is 1.77 bits per heavy atom. The van der Waals surface area contributed by atoms with Crippen LogP contribution in [0.3, 0.4) is 0 Å². The second-order valence-corrected chi connectivity index (χ2v) is 3.95. The van der Waals surface area contributed by atoms with Crippen molar-refractivity contribution in [3.63, 3.8) is 0 Å². The molecule has 2 aliphatic rings. The zero-order valence-corrected chi connectivity index (χ0v) is 7.96. The summed E-state index contributed by atoms with van der Waals surface area (Å²) in [6, 6.07) is 2.51. The standard InChI is InChI=1S/C10H16N2O/c11-9-10(3-7-13-8-4-10)12-5-1-2-6-12/h1-8H2. The average molecular weight is 180 g/mol. The minimum atomic E-state index is -0.186. The maximum atomic E-state index is 9.25. The molecule has 3 nitrogen and oxygen atoms in total. The van der Waals surface area contributed by atoms with E-state index in [0.29, 0.717) is 0 Å². The highest BCUT2D eigenvalue weighted by Crippen LogP contribution is 2.30. The molecule has 2 heterocycles. The van der Waals surface area contributed by atoms with Crippen LogP contribution in [0.1, 0.15) is 25.7 Å². The number of nitriles is 1. The summed E-state index contributed by atoms with van der Waals surface area (Å²) >= 11 is 0. The van der Waals surface area contributed by atoms with Gasteiger partial charge in [0.2, 0.25) is 0 Å². The Hall–Kier alpha value is -0.590. The molecule has 0 radical (unpaired) electrons. The fourth-order valence-electron chi connectivity index (χ4n) is 2.35. The first-order chi connectivity index (χ1) is 6.37. The van der Waals surface area contributed by atoms with Crippen LogP contribution < -0.4 is 0 Å². The quantitative estimate of drug-likeness (QED) is 0.607. The van der Waals surface area contributed by atoms with Crippen LogP contribution in [0.25, 0.3) is 0 Å². The largest absolute Gasteiger partial charge is 0.381 e. The van der Waals surface area contributed by atoms with Gasteiger partial charge in [0.1, 0.15) is 5.54 Å². The highest BCUT2D eigenvalue weighted by molar-refractivity contribution is 5.10. The van der Waals surface area contributed by atoms with Crippen molar-refractivity contribution in [3.8, 4) is 6.07 Å². The van der Waals surface area contributed by atoms with E-state index in [1.807, 2.05) is 0 Å². The molecule has 0 unspecified atom stereocenters. The smallest absolute Gasteiger partial charge is 0.113 e. The number of hydrogen-bond donors (Lipinski definition) is 0. The summed E-state index contributed by atoms with van der Waals surface area (Å²) in [6.45, 7) is 3.72. The minimum Gasteiger partial charge on any atom is -0.381 e. The summed E-state index contributed by atoms with van der Waals surface area (Å²) < 4.78 is 5.31. The van der Waals surface area contributed by atoms with Crippen molar-refractivity contribution in [3.05, 3.63) is 0 Å². The second kappa shape index (κ2) is 3.65. The maximum Gasteiger partial charge on any atom is 0.113 e. The number of ether oxygens (including phenoxy) is 1. The summed E-state index contributed by atoms with van der Waals surface area (Å²) in [5.41, 5.74) is -0.186. The van der Waals surface area contributed by atoms with Gasteiger partial charge in [0.05, 0.1) is 6.07 Å². The van der Waals surface area contributed by atoms with Crippen LogP contribution in [0.15, 0.2) is 0 Å². The molecule has 0 aromatic carbocycles. The molecule has 3 heteroatoms. The first-order valence-corrected chi connectivity index (χ1v) is 5.11. The van der Waals surface area contributed by atoms with Gasteiger partial charge < -0.3 is 4.74 Å². The molecule has 0 saturated carbocycles. The number of rotatable bonds is 1. The third-order valence-corrected chi connectivity index (χ3v) is 3.24. The van der Waals surface area contributed by atoms with Gasteiger partial charge in [-0.25, -0.2) is 0 Å². The van der Waals surface area contributed by atoms with E-state index in [-0.39, 0.29) is 5.54 Å². The van der Waals surface area contributed by atoms with E-state index in [2.05, 4.69) is 11.0 Å². The molecule has 2 saturated heterocycles. The van der Waals surface area contributed by atoms with Crippen molar-refractivity contribution in [2.75, 3.05) is 26.3 Å². The van der Waals surface area contributed by atoms with E-state index in [1.165, 1.54) is 12.8 Å². The van der Waals surface area contributed by atoms with Crippen LogP contribution in [0.2, 0.25) is 0 Å². The van der Waals surface area contributed by atoms with Gasteiger partial charge in [0.15, 0.2) is 0 Å². The molecule has 2 fully saturated rings. The molecule has 72 valence electrons. The molecule has 0 aromatic rings. The van der Waals surface area contributed by atoms with Gasteiger partial charge in [-0.2, -0.15) is 5.26 Å². The predicted octanol–water partition coefficient (Wildman–Crippen LogP) is 1.15. The summed E-state index contributed by atoms with van der Waals surface area (Å²) in [5, 5.41) is 9.25. The van der Waals surface area contributed by atoms with Crippen molar-refractivity contribution in [2.45, 2.75) is 31.2 Å². The van der Waals surface area contributed by atoms with Crippen LogP contribution in [-0.4, -0.2) is 36.7 Å². The highest BCUT2D eigenvalue weighted by atomic mass is 16.5. The zero-order valence-electron chi connectivity index (χ0n) is 7.96. The van der Waals surface area contributed by atoms with Gasteiger partial charge in [-0.05, 0) is 25.9 Å². The van der Waals surface area contributed by atoms with E-state index in [0.717, 1.165) is 39.1 Å². The predicted molar refractivity (Wildman–Crippen MR) is 49.2 cm³/mol. The van der Waals surface area contributed by atoms with E-state index in [9.17, 15) is 5.26 Å². The molecule has 0 spiro atoms. The molecule has 13 heavy (non-hydrogen) atoms. The molecule has 0 aliphatic carbocycles. The van der Waals surface area contributed by atoms with Crippen molar-refractivity contribution >= 4 is 0 Å². The fourth-order valence-corrected chi connectivity index (χ4v) is 2.35. The van der Waals surface area contributed by atoms with E-state index < -0.39 is 0 Å². The summed E-state index contributed by atoms with van der Waals surface area (Å²) in [4.78, 5) is 2.36. The Labute approximate surface area is 79.3 Å². The van der Waals surface area contributed by atoms with Crippen LogP contribution in [0.4, 0.5) is 0 Å². The molecule has 2 aliphatic heterocycles. The van der Waals surface area contributed by atoms with Crippen LogP contribution >= 0.6 is 0 Å². The topological polar surface area (TPSA) is 36.3 Å². The fraction of sp³-hybridized carbons (Fsp3) is 0.900.